The molecule has 2 rings (SSSR count). The molecule has 25 heavy (non-hydrogen) atoms. The molecule has 3 N–H and O–H groups in total. The second-order valence-corrected chi connectivity index (χ2v) is 8.72. The zero-order chi connectivity index (χ0) is 18.6. The number of carbonyl (C=O) groups excluding carboxylic acids is 1. The molecule has 0 aliphatic heterocycles. The molecule has 0 radical (unpaired) electrons. The lowest BCUT2D eigenvalue weighted by Crippen LogP contribution is -2.16. The molecule has 2 aromatic rings. The molecule has 0 bridgehead atoms. The Labute approximate surface area is 157 Å². The number of anilines is 1. The standard InChI is InChI=1S/C17H19ClN2O3S2/c1-11-9-15(25(19,22)23)10-16(12(11)2)20-17(21)7-8-24-14-5-3-13(18)4-6-14/h3-6,9-10H,7-8H2,1-2H3,(H,20,21)(H2,19,22,23). The summed E-state index contributed by atoms with van der Waals surface area (Å²) in [6, 6.07) is 10.3. The van der Waals surface area contributed by atoms with Crippen LogP contribution in [0.3, 0.4) is 0 Å². The highest BCUT2D eigenvalue weighted by atomic mass is 35.5. The number of amides is 1. The highest BCUT2D eigenvalue weighted by Gasteiger charge is 2.14. The summed E-state index contributed by atoms with van der Waals surface area (Å²) in [6.07, 6.45) is 0.297. The molecule has 0 heterocycles. The Morgan fingerprint density at radius 3 is 2.44 bits per heavy atom. The summed E-state index contributed by atoms with van der Waals surface area (Å²) in [5.41, 5.74) is 2.02. The molecule has 5 nitrogen and oxygen atoms in total. The molecule has 0 unspecified atom stereocenters. The van der Waals surface area contributed by atoms with Gasteiger partial charge in [0.1, 0.15) is 0 Å². The molecule has 0 aromatic heterocycles. The summed E-state index contributed by atoms with van der Waals surface area (Å²) < 4.78 is 23.1. The van der Waals surface area contributed by atoms with E-state index in [0.717, 1.165) is 16.0 Å². The molecular weight excluding hydrogens is 380 g/mol. The van der Waals surface area contributed by atoms with Crippen molar-refractivity contribution in [2.75, 3.05) is 11.1 Å². The maximum absolute atomic E-state index is 12.2. The minimum atomic E-state index is -3.82. The summed E-state index contributed by atoms with van der Waals surface area (Å²) in [4.78, 5) is 13.2. The van der Waals surface area contributed by atoms with E-state index in [1.165, 1.54) is 12.1 Å². The van der Waals surface area contributed by atoms with Crippen LogP contribution < -0.4 is 10.5 Å². The van der Waals surface area contributed by atoms with Crippen LogP contribution in [0.2, 0.25) is 5.02 Å². The first-order chi connectivity index (χ1) is 11.7. The maximum atomic E-state index is 12.2. The maximum Gasteiger partial charge on any atom is 0.238 e. The molecule has 0 aliphatic carbocycles. The Hall–Kier alpha value is -1.54. The van der Waals surface area contributed by atoms with E-state index in [9.17, 15) is 13.2 Å². The van der Waals surface area contributed by atoms with Gasteiger partial charge in [-0.3, -0.25) is 4.79 Å². The van der Waals surface area contributed by atoms with Crippen molar-refractivity contribution in [3.8, 4) is 0 Å². The number of primary sulfonamides is 1. The normalized spacial score (nSPS) is 11.4. The van der Waals surface area contributed by atoms with Crippen molar-refractivity contribution in [2.45, 2.75) is 30.1 Å². The van der Waals surface area contributed by atoms with Crippen molar-refractivity contribution in [3.63, 3.8) is 0 Å². The van der Waals surface area contributed by atoms with E-state index in [4.69, 9.17) is 16.7 Å². The number of nitrogens with two attached hydrogens (primary N) is 1. The van der Waals surface area contributed by atoms with Crippen LogP contribution in [0.1, 0.15) is 17.5 Å². The Morgan fingerprint density at radius 1 is 1.20 bits per heavy atom. The van der Waals surface area contributed by atoms with Gasteiger partial charge >= 0.3 is 0 Å². The highest BCUT2D eigenvalue weighted by molar-refractivity contribution is 7.99. The number of aryl methyl sites for hydroxylation is 1. The van der Waals surface area contributed by atoms with Crippen molar-refractivity contribution in [1.29, 1.82) is 0 Å². The van der Waals surface area contributed by atoms with Gasteiger partial charge in [-0.25, -0.2) is 13.6 Å². The zero-order valence-corrected chi connectivity index (χ0v) is 16.3. The van der Waals surface area contributed by atoms with E-state index < -0.39 is 10.0 Å². The third kappa shape index (κ3) is 5.74. The van der Waals surface area contributed by atoms with Crippen LogP contribution in [0.15, 0.2) is 46.2 Å². The molecule has 0 aliphatic rings. The van der Waals surface area contributed by atoms with Gasteiger partial charge in [0, 0.05) is 27.8 Å². The second kappa shape index (κ2) is 8.23. The van der Waals surface area contributed by atoms with Gasteiger partial charge in [0.05, 0.1) is 4.90 Å². The van der Waals surface area contributed by atoms with E-state index in [1.54, 1.807) is 30.8 Å². The number of rotatable bonds is 6. The molecule has 0 saturated carbocycles. The number of hydrogen-bond donors (Lipinski definition) is 2. The summed E-state index contributed by atoms with van der Waals surface area (Å²) in [5.74, 6) is 0.413. The van der Waals surface area contributed by atoms with Crippen molar-refractivity contribution < 1.29 is 13.2 Å². The Balaban J connectivity index is 2.00. The monoisotopic (exact) mass is 398 g/mol. The van der Waals surface area contributed by atoms with Gasteiger partial charge in [0.15, 0.2) is 0 Å². The number of halogens is 1. The number of benzene rings is 2. The third-order valence-electron chi connectivity index (χ3n) is 3.65. The summed E-state index contributed by atoms with van der Waals surface area (Å²) >= 11 is 7.38. The molecule has 0 atom stereocenters. The van der Waals surface area contributed by atoms with Gasteiger partial charge in [-0.15, -0.1) is 11.8 Å². The first kappa shape index (κ1) is 19.8. The molecule has 1 amide bonds. The molecule has 8 heteroatoms. The fourth-order valence-electron chi connectivity index (χ4n) is 2.13. The van der Waals surface area contributed by atoms with Crippen molar-refractivity contribution in [2.24, 2.45) is 5.14 Å². The quantitative estimate of drug-likeness (QED) is 0.725. The molecule has 2 aromatic carbocycles. The van der Waals surface area contributed by atoms with Gasteiger partial charge in [0.25, 0.3) is 0 Å². The van der Waals surface area contributed by atoms with E-state index in [1.807, 2.05) is 19.1 Å². The molecule has 134 valence electrons. The number of thioether (sulfide) groups is 1. The Bertz CT molecular complexity index is 882. The fraction of sp³-hybridized carbons (Fsp3) is 0.235. The van der Waals surface area contributed by atoms with Crippen LogP contribution >= 0.6 is 23.4 Å². The molecule has 0 saturated heterocycles. The largest absolute Gasteiger partial charge is 0.326 e. The first-order valence-electron chi connectivity index (χ1n) is 7.49. The van der Waals surface area contributed by atoms with Crippen LogP contribution in [0.4, 0.5) is 5.69 Å². The lowest BCUT2D eigenvalue weighted by atomic mass is 10.1. The van der Waals surface area contributed by atoms with Crippen LogP contribution in [-0.2, 0) is 14.8 Å². The van der Waals surface area contributed by atoms with Crippen molar-refractivity contribution in [1.82, 2.24) is 0 Å². The van der Waals surface area contributed by atoms with Crippen LogP contribution in [0, 0.1) is 13.8 Å². The second-order valence-electron chi connectivity index (χ2n) is 5.56. The van der Waals surface area contributed by atoms with E-state index >= 15 is 0 Å². The summed E-state index contributed by atoms with van der Waals surface area (Å²) in [5, 5.41) is 8.61. The predicted octanol–water partition coefficient (Wildman–Crippen LogP) is 3.73. The van der Waals surface area contributed by atoms with Gasteiger partial charge in [0.2, 0.25) is 15.9 Å². The Morgan fingerprint density at radius 2 is 1.84 bits per heavy atom. The number of sulfonamides is 1. The zero-order valence-electron chi connectivity index (χ0n) is 13.9. The van der Waals surface area contributed by atoms with Gasteiger partial charge < -0.3 is 5.32 Å². The van der Waals surface area contributed by atoms with Crippen molar-refractivity contribution in [3.05, 3.63) is 52.5 Å². The van der Waals surface area contributed by atoms with Crippen molar-refractivity contribution >= 4 is 45.0 Å². The number of carbonyl (C=O) groups is 1. The number of hydrogen-bond acceptors (Lipinski definition) is 4. The fourth-order valence-corrected chi connectivity index (χ4v) is 3.73. The van der Waals surface area contributed by atoms with E-state index in [0.29, 0.717) is 22.9 Å². The summed E-state index contributed by atoms with van der Waals surface area (Å²) in [6.45, 7) is 3.59. The van der Waals surface area contributed by atoms with Crippen LogP contribution in [0.5, 0.6) is 0 Å². The van der Waals surface area contributed by atoms with Crippen LogP contribution in [-0.4, -0.2) is 20.1 Å². The summed E-state index contributed by atoms with van der Waals surface area (Å²) in [7, 11) is -3.82. The average molecular weight is 399 g/mol. The minimum absolute atomic E-state index is 0.0126. The first-order valence-corrected chi connectivity index (χ1v) is 10.4. The smallest absolute Gasteiger partial charge is 0.238 e. The Kier molecular flexibility index (Phi) is 6.51. The van der Waals surface area contributed by atoms with Gasteiger partial charge in [-0.2, -0.15) is 0 Å². The average Bonchev–Trinajstić information content (AvgIpc) is 2.52. The van der Waals surface area contributed by atoms with Crippen LogP contribution in [0.25, 0.3) is 0 Å². The number of nitrogens with one attached hydrogen (secondary N) is 1. The lowest BCUT2D eigenvalue weighted by Gasteiger charge is -2.12. The highest BCUT2D eigenvalue weighted by Crippen LogP contribution is 2.24. The molecular formula is C17H19ClN2O3S2. The third-order valence-corrected chi connectivity index (χ3v) is 5.81. The van der Waals surface area contributed by atoms with E-state index in [2.05, 4.69) is 5.32 Å². The van der Waals surface area contributed by atoms with Gasteiger partial charge in [-0.1, -0.05) is 11.6 Å². The molecule has 0 spiro atoms. The van der Waals surface area contributed by atoms with Gasteiger partial charge in [-0.05, 0) is 61.4 Å². The SMILES string of the molecule is Cc1cc(S(N)(=O)=O)cc(NC(=O)CCSc2ccc(Cl)cc2)c1C. The van der Waals surface area contributed by atoms with E-state index in [-0.39, 0.29) is 10.8 Å². The minimum Gasteiger partial charge on any atom is -0.326 e. The predicted molar refractivity (Wildman–Crippen MR) is 103 cm³/mol. The topological polar surface area (TPSA) is 89.3 Å². The molecule has 0 fully saturated rings. The lowest BCUT2D eigenvalue weighted by molar-refractivity contribution is -0.115.